The van der Waals surface area contributed by atoms with E-state index in [1.54, 1.807) is 12.1 Å². The summed E-state index contributed by atoms with van der Waals surface area (Å²) in [6.45, 7) is 2.28. The number of benzene rings is 2. The van der Waals surface area contributed by atoms with Crippen LogP contribution < -0.4 is 4.90 Å². The Bertz CT molecular complexity index is 569. The smallest absolute Gasteiger partial charge is 0.260 e. The van der Waals surface area contributed by atoms with Gasteiger partial charge in [0.1, 0.15) is 5.82 Å². The van der Waals surface area contributed by atoms with Crippen LogP contribution in [0.25, 0.3) is 0 Å². The number of aliphatic hydroxyl groups excluding tert-OH is 1. The van der Waals surface area contributed by atoms with Crippen molar-refractivity contribution < 1.29 is 14.3 Å². The van der Waals surface area contributed by atoms with Crippen LogP contribution >= 0.6 is 0 Å². The van der Waals surface area contributed by atoms with Gasteiger partial charge in [-0.2, -0.15) is 0 Å². The van der Waals surface area contributed by atoms with E-state index in [2.05, 4.69) is 0 Å². The van der Waals surface area contributed by atoms with Crippen LogP contribution in [0.2, 0.25) is 0 Å². The van der Waals surface area contributed by atoms with Gasteiger partial charge < -0.3 is 10.0 Å². The molecule has 1 N–H and O–H groups in total. The molecule has 0 aromatic heterocycles. The molecular formula is C16H16FNO2. The zero-order valence-electron chi connectivity index (χ0n) is 11.2. The predicted octanol–water partition coefficient (Wildman–Crippen LogP) is 2.91. The number of hydrogen-bond donors (Lipinski definition) is 1. The normalized spacial score (nSPS) is 11.9. The zero-order valence-corrected chi connectivity index (χ0v) is 11.2. The summed E-state index contributed by atoms with van der Waals surface area (Å²) < 4.78 is 12.9. The SMILES string of the molecule is CCN(C(=O)C(O)c1ccc(F)cc1)c1ccccc1. The molecule has 0 bridgehead atoms. The van der Waals surface area contributed by atoms with Gasteiger partial charge in [-0.15, -0.1) is 0 Å². The van der Waals surface area contributed by atoms with Gasteiger partial charge in [-0.3, -0.25) is 4.79 Å². The van der Waals surface area contributed by atoms with E-state index in [4.69, 9.17) is 0 Å². The molecule has 0 fully saturated rings. The lowest BCUT2D eigenvalue weighted by Gasteiger charge is -2.24. The fourth-order valence-electron chi connectivity index (χ4n) is 2.01. The molecule has 0 spiro atoms. The van der Waals surface area contributed by atoms with E-state index in [1.807, 2.05) is 25.1 Å². The zero-order chi connectivity index (χ0) is 14.5. The van der Waals surface area contributed by atoms with E-state index in [0.717, 1.165) is 5.69 Å². The summed E-state index contributed by atoms with van der Waals surface area (Å²) in [4.78, 5) is 13.8. The van der Waals surface area contributed by atoms with Crippen molar-refractivity contribution in [2.45, 2.75) is 13.0 Å². The maximum Gasteiger partial charge on any atom is 0.260 e. The number of para-hydroxylation sites is 1. The first-order valence-corrected chi connectivity index (χ1v) is 6.43. The van der Waals surface area contributed by atoms with Crippen molar-refractivity contribution in [3.63, 3.8) is 0 Å². The Labute approximate surface area is 117 Å². The fraction of sp³-hybridized carbons (Fsp3) is 0.188. The van der Waals surface area contributed by atoms with Gasteiger partial charge in [-0.1, -0.05) is 30.3 Å². The van der Waals surface area contributed by atoms with Gasteiger partial charge in [0.2, 0.25) is 0 Å². The lowest BCUT2D eigenvalue weighted by molar-refractivity contribution is -0.126. The number of carbonyl (C=O) groups is 1. The molecule has 2 aromatic rings. The minimum atomic E-state index is -1.30. The van der Waals surface area contributed by atoms with E-state index >= 15 is 0 Å². The Kier molecular flexibility index (Phi) is 4.48. The maximum atomic E-state index is 12.9. The van der Waals surface area contributed by atoms with Gasteiger partial charge in [0.05, 0.1) is 0 Å². The molecule has 1 amide bonds. The maximum absolute atomic E-state index is 12.9. The largest absolute Gasteiger partial charge is 0.378 e. The number of carbonyl (C=O) groups excluding carboxylic acids is 1. The minimum absolute atomic E-state index is 0.380. The summed E-state index contributed by atoms with van der Waals surface area (Å²) >= 11 is 0. The van der Waals surface area contributed by atoms with Gasteiger partial charge in [-0.25, -0.2) is 4.39 Å². The van der Waals surface area contributed by atoms with Crippen LogP contribution in [0, 0.1) is 5.82 Å². The van der Waals surface area contributed by atoms with Crippen LogP contribution in [0.4, 0.5) is 10.1 Å². The summed E-state index contributed by atoms with van der Waals surface area (Å²) in [6.07, 6.45) is -1.30. The molecule has 0 aliphatic heterocycles. The highest BCUT2D eigenvalue weighted by molar-refractivity contribution is 5.96. The number of anilines is 1. The summed E-state index contributed by atoms with van der Waals surface area (Å²) in [7, 11) is 0. The molecule has 4 heteroatoms. The van der Waals surface area contributed by atoms with Gasteiger partial charge in [0.25, 0.3) is 5.91 Å². The highest BCUT2D eigenvalue weighted by Gasteiger charge is 2.23. The van der Waals surface area contributed by atoms with Crippen LogP contribution in [0.5, 0.6) is 0 Å². The summed E-state index contributed by atoms with van der Waals surface area (Å²) in [5, 5.41) is 10.1. The molecule has 2 rings (SSSR count). The molecule has 0 radical (unpaired) electrons. The Balaban J connectivity index is 2.22. The topological polar surface area (TPSA) is 40.5 Å². The second kappa shape index (κ2) is 6.30. The molecule has 2 aromatic carbocycles. The number of aliphatic hydroxyl groups is 1. The Morgan fingerprint density at radius 2 is 1.75 bits per heavy atom. The van der Waals surface area contributed by atoms with Gasteiger partial charge >= 0.3 is 0 Å². The number of nitrogens with zero attached hydrogens (tertiary/aromatic N) is 1. The van der Waals surface area contributed by atoms with Crippen LogP contribution in [-0.4, -0.2) is 17.6 Å². The Hall–Kier alpha value is -2.20. The van der Waals surface area contributed by atoms with Gasteiger partial charge in [-0.05, 0) is 36.8 Å². The number of likely N-dealkylation sites (N-methyl/N-ethyl adjacent to an activating group) is 1. The Morgan fingerprint density at radius 3 is 2.30 bits per heavy atom. The number of rotatable bonds is 4. The van der Waals surface area contributed by atoms with Crippen LogP contribution in [0.3, 0.4) is 0 Å². The van der Waals surface area contributed by atoms with Crippen molar-refractivity contribution >= 4 is 11.6 Å². The van der Waals surface area contributed by atoms with Crippen molar-refractivity contribution in [1.82, 2.24) is 0 Å². The highest BCUT2D eigenvalue weighted by atomic mass is 19.1. The first kappa shape index (κ1) is 14.2. The molecule has 20 heavy (non-hydrogen) atoms. The quantitative estimate of drug-likeness (QED) is 0.930. The van der Waals surface area contributed by atoms with Gasteiger partial charge in [0, 0.05) is 12.2 Å². The third kappa shape index (κ3) is 3.03. The van der Waals surface area contributed by atoms with Crippen molar-refractivity contribution in [1.29, 1.82) is 0 Å². The van der Waals surface area contributed by atoms with Crippen LogP contribution in [-0.2, 0) is 4.79 Å². The molecule has 104 valence electrons. The van der Waals surface area contributed by atoms with E-state index in [1.165, 1.54) is 29.2 Å². The van der Waals surface area contributed by atoms with Crippen molar-refractivity contribution in [3.05, 3.63) is 66.0 Å². The molecule has 0 saturated heterocycles. The van der Waals surface area contributed by atoms with Crippen LogP contribution in [0.15, 0.2) is 54.6 Å². The number of hydrogen-bond acceptors (Lipinski definition) is 2. The standard InChI is InChI=1S/C16H16FNO2/c1-2-18(14-6-4-3-5-7-14)16(20)15(19)12-8-10-13(17)11-9-12/h3-11,15,19H,2H2,1H3. The fourth-order valence-corrected chi connectivity index (χ4v) is 2.01. The lowest BCUT2D eigenvalue weighted by Crippen LogP contribution is -2.35. The second-order valence-corrected chi connectivity index (χ2v) is 4.37. The average Bonchev–Trinajstić information content (AvgIpc) is 2.49. The first-order chi connectivity index (χ1) is 9.63. The molecule has 0 heterocycles. The average molecular weight is 273 g/mol. The number of halogens is 1. The summed E-state index contributed by atoms with van der Waals surface area (Å²) in [6, 6.07) is 14.4. The molecule has 0 saturated carbocycles. The van der Waals surface area contributed by atoms with Gasteiger partial charge in [0.15, 0.2) is 6.10 Å². The van der Waals surface area contributed by atoms with Crippen molar-refractivity contribution in [3.8, 4) is 0 Å². The molecule has 0 aliphatic rings. The number of amides is 1. The summed E-state index contributed by atoms with van der Waals surface area (Å²) in [5.74, 6) is -0.825. The molecule has 3 nitrogen and oxygen atoms in total. The van der Waals surface area contributed by atoms with E-state index in [9.17, 15) is 14.3 Å². The molecule has 0 aliphatic carbocycles. The van der Waals surface area contributed by atoms with Crippen LogP contribution in [0.1, 0.15) is 18.6 Å². The highest BCUT2D eigenvalue weighted by Crippen LogP contribution is 2.21. The van der Waals surface area contributed by atoms with Crippen molar-refractivity contribution in [2.75, 3.05) is 11.4 Å². The van der Waals surface area contributed by atoms with E-state index < -0.39 is 17.8 Å². The van der Waals surface area contributed by atoms with E-state index in [0.29, 0.717) is 12.1 Å². The van der Waals surface area contributed by atoms with Crippen molar-refractivity contribution in [2.24, 2.45) is 0 Å². The third-order valence-corrected chi connectivity index (χ3v) is 3.07. The monoisotopic (exact) mass is 273 g/mol. The predicted molar refractivity (Wildman–Crippen MR) is 75.8 cm³/mol. The lowest BCUT2D eigenvalue weighted by atomic mass is 10.1. The Morgan fingerprint density at radius 1 is 1.15 bits per heavy atom. The molecule has 1 atom stereocenters. The second-order valence-electron chi connectivity index (χ2n) is 4.37. The minimum Gasteiger partial charge on any atom is -0.378 e. The first-order valence-electron chi connectivity index (χ1n) is 6.43. The third-order valence-electron chi connectivity index (χ3n) is 3.07. The molecule has 1 unspecified atom stereocenters. The summed E-state index contributed by atoms with van der Waals surface area (Å²) in [5.41, 5.74) is 1.10. The molecular weight excluding hydrogens is 257 g/mol. The van der Waals surface area contributed by atoms with E-state index in [-0.39, 0.29) is 0 Å².